The molecule has 0 heterocycles. The van der Waals surface area contributed by atoms with Gasteiger partial charge in [-0.25, -0.2) is 9.98 Å². The molecule has 0 saturated heterocycles. The van der Waals surface area contributed by atoms with E-state index in [0.29, 0.717) is 11.6 Å². The molecule has 3 aromatic carbocycles. The van der Waals surface area contributed by atoms with Gasteiger partial charge in [-0.2, -0.15) is 0 Å². The number of ether oxygens (including phenoxy) is 1. The van der Waals surface area contributed by atoms with Crippen molar-refractivity contribution in [3.05, 3.63) is 96.1 Å². The zero-order valence-corrected chi connectivity index (χ0v) is 16.3. The first-order valence-corrected chi connectivity index (χ1v) is 9.03. The van der Waals surface area contributed by atoms with Crippen LogP contribution in [-0.4, -0.2) is 28.9 Å². The van der Waals surface area contributed by atoms with Crippen LogP contribution in [0, 0.1) is 0 Å². The summed E-state index contributed by atoms with van der Waals surface area (Å²) in [5.74, 6) is 0.409. The van der Waals surface area contributed by atoms with Crippen LogP contribution < -0.4 is 4.74 Å². The quantitative estimate of drug-likeness (QED) is 0.477. The van der Waals surface area contributed by atoms with Crippen LogP contribution >= 0.6 is 0 Å². The van der Waals surface area contributed by atoms with Crippen LogP contribution in [0.1, 0.15) is 23.6 Å². The molecule has 0 radical (unpaired) electrons. The fraction of sp³-hybridized carbons (Fsp3) is 0.0833. The summed E-state index contributed by atoms with van der Waals surface area (Å²) in [5.41, 5.74) is 2.86. The Morgan fingerprint density at radius 3 is 1.86 bits per heavy atom. The molecule has 5 nitrogen and oxygen atoms in total. The van der Waals surface area contributed by atoms with Crippen molar-refractivity contribution in [2.24, 2.45) is 9.98 Å². The molecule has 5 heteroatoms. The summed E-state index contributed by atoms with van der Waals surface area (Å²) in [6.07, 6.45) is 0. The molecule has 0 bridgehead atoms. The van der Waals surface area contributed by atoms with Gasteiger partial charge in [-0.05, 0) is 12.5 Å². The van der Waals surface area contributed by atoms with Crippen LogP contribution in [-0.2, 0) is 0 Å². The Kier molecular flexibility index (Phi) is 6.09. The van der Waals surface area contributed by atoms with Gasteiger partial charge in [0.05, 0.1) is 18.4 Å². The highest BCUT2D eigenvalue weighted by Crippen LogP contribution is 2.37. The number of rotatable bonds is 5. The largest absolute Gasteiger partial charge is 0.507 e. The molecule has 0 aliphatic carbocycles. The summed E-state index contributed by atoms with van der Waals surface area (Å²) >= 11 is 0. The maximum Gasteiger partial charge on any atom is 0.160 e. The fourth-order valence-electron chi connectivity index (χ4n) is 2.83. The number of hydrogen-bond donors (Lipinski definition) is 2. The molecular formula is C24H22N2O3. The zero-order valence-electron chi connectivity index (χ0n) is 16.3. The minimum absolute atomic E-state index is 0.131. The van der Waals surface area contributed by atoms with E-state index in [0.717, 1.165) is 16.8 Å². The van der Waals surface area contributed by atoms with Crippen LogP contribution in [0.4, 0.5) is 0 Å². The van der Waals surface area contributed by atoms with E-state index >= 15 is 0 Å². The highest BCUT2D eigenvalue weighted by Gasteiger charge is 2.15. The van der Waals surface area contributed by atoms with E-state index in [-0.39, 0.29) is 22.8 Å². The molecule has 146 valence electrons. The molecule has 0 aromatic heterocycles. The van der Waals surface area contributed by atoms with Crippen LogP contribution in [0.3, 0.4) is 0 Å². The topological polar surface area (TPSA) is 74.4 Å². The number of benzene rings is 3. The van der Waals surface area contributed by atoms with Gasteiger partial charge >= 0.3 is 0 Å². The number of aromatic hydroxyl groups is 2. The van der Waals surface area contributed by atoms with Crippen LogP contribution in [0.15, 0.2) is 89.4 Å². The van der Waals surface area contributed by atoms with Crippen molar-refractivity contribution in [2.75, 3.05) is 7.11 Å². The molecule has 0 amide bonds. The van der Waals surface area contributed by atoms with E-state index in [2.05, 4.69) is 11.6 Å². The Morgan fingerprint density at radius 1 is 0.828 bits per heavy atom. The van der Waals surface area contributed by atoms with E-state index in [1.54, 1.807) is 0 Å². The normalized spacial score (nSPS) is 11.9. The molecule has 3 rings (SSSR count). The summed E-state index contributed by atoms with van der Waals surface area (Å²) in [4.78, 5) is 9.23. The van der Waals surface area contributed by atoms with Gasteiger partial charge in [-0.3, -0.25) is 0 Å². The summed E-state index contributed by atoms with van der Waals surface area (Å²) in [6, 6.07) is 22.0. The molecule has 29 heavy (non-hydrogen) atoms. The van der Waals surface area contributed by atoms with Gasteiger partial charge < -0.3 is 14.9 Å². The second kappa shape index (κ2) is 8.89. The highest BCUT2D eigenvalue weighted by atomic mass is 16.5. The van der Waals surface area contributed by atoms with Crippen molar-refractivity contribution in [1.82, 2.24) is 0 Å². The third-order valence-electron chi connectivity index (χ3n) is 4.33. The average Bonchev–Trinajstić information content (AvgIpc) is 2.73. The molecule has 0 aliphatic rings. The van der Waals surface area contributed by atoms with Crippen molar-refractivity contribution in [3.8, 4) is 17.2 Å². The van der Waals surface area contributed by atoms with Gasteiger partial charge in [-0.1, -0.05) is 67.2 Å². The van der Waals surface area contributed by atoms with Crippen LogP contribution in [0.5, 0.6) is 17.2 Å². The Morgan fingerprint density at radius 2 is 1.34 bits per heavy atom. The van der Waals surface area contributed by atoms with E-state index in [4.69, 9.17) is 9.73 Å². The molecular weight excluding hydrogens is 364 g/mol. The van der Waals surface area contributed by atoms with Gasteiger partial charge in [0.25, 0.3) is 0 Å². The number of hydrogen-bond acceptors (Lipinski definition) is 4. The lowest BCUT2D eigenvalue weighted by Crippen LogP contribution is -2.04. The Labute approximate surface area is 170 Å². The minimum atomic E-state index is -0.174. The number of methoxy groups -OCH3 is 1. The number of aliphatic imine (C=N–C) groups is 2. The number of nitrogens with zero attached hydrogens (tertiary/aromatic N) is 2. The van der Waals surface area contributed by atoms with Gasteiger partial charge in [0.1, 0.15) is 17.2 Å². The number of phenols is 2. The van der Waals surface area contributed by atoms with E-state index in [9.17, 15) is 10.2 Å². The van der Waals surface area contributed by atoms with Crippen LogP contribution in [0.2, 0.25) is 0 Å². The standard InChI is InChI=1S/C24H22N2O3/c1-16(18-10-6-4-7-11-18)25-24(19-12-8-5-9-13-19)26-17(2)23-21(27)14-20(29-3)15-22(23)28/h4-15,27-28H,2H2,1,3H3. The average molecular weight is 386 g/mol. The summed E-state index contributed by atoms with van der Waals surface area (Å²) in [7, 11) is 1.45. The summed E-state index contributed by atoms with van der Waals surface area (Å²) in [5, 5.41) is 20.6. The third kappa shape index (κ3) is 4.71. The van der Waals surface area contributed by atoms with Crippen molar-refractivity contribution in [2.45, 2.75) is 6.92 Å². The van der Waals surface area contributed by atoms with Crippen molar-refractivity contribution >= 4 is 17.2 Å². The molecule has 3 aromatic rings. The lowest BCUT2D eigenvalue weighted by molar-refractivity contribution is 0.397. The van der Waals surface area contributed by atoms with Gasteiger partial charge in [0.2, 0.25) is 0 Å². The Bertz CT molecular complexity index is 1050. The summed E-state index contributed by atoms with van der Waals surface area (Å²) < 4.78 is 5.06. The zero-order chi connectivity index (χ0) is 20.8. The van der Waals surface area contributed by atoms with Gasteiger partial charge in [0, 0.05) is 23.4 Å². The van der Waals surface area contributed by atoms with Gasteiger partial charge in [-0.15, -0.1) is 0 Å². The predicted octanol–water partition coefficient (Wildman–Crippen LogP) is 5.03. The minimum Gasteiger partial charge on any atom is -0.507 e. The number of phenolic OH excluding ortho intramolecular Hbond substituents is 2. The third-order valence-corrected chi connectivity index (χ3v) is 4.33. The molecule has 0 atom stereocenters. The van der Waals surface area contributed by atoms with E-state index < -0.39 is 0 Å². The van der Waals surface area contributed by atoms with Crippen molar-refractivity contribution in [1.29, 1.82) is 0 Å². The lowest BCUT2D eigenvalue weighted by atomic mass is 10.1. The van der Waals surface area contributed by atoms with Crippen molar-refractivity contribution in [3.63, 3.8) is 0 Å². The number of amidine groups is 1. The molecule has 2 N–H and O–H groups in total. The highest BCUT2D eigenvalue weighted by molar-refractivity contribution is 6.12. The van der Waals surface area contributed by atoms with Crippen molar-refractivity contribution < 1.29 is 14.9 Å². The first kappa shape index (κ1) is 19.9. The molecule has 0 saturated carbocycles. The smallest absolute Gasteiger partial charge is 0.160 e. The Hall–Kier alpha value is -3.86. The fourth-order valence-corrected chi connectivity index (χ4v) is 2.83. The first-order chi connectivity index (χ1) is 14.0. The molecule has 0 fully saturated rings. The van der Waals surface area contributed by atoms with E-state index in [1.165, 1.54) is 19.2 Å². The molecule has 0 aliphatic heterocycles. The van der Waals surface area contributed by atoms with E-state index in [1.807, 2.05) is 67.6 Å². The first-order valence-electron chi connectivity index (χ1n) is 9.03. The Balaban J connectivity index is 2.08. The monoisotopic (exact) mass is 386 g/mol. The van der Waals surface area contributed by atoms with Gasteiger partial charge in [0.15, 0.2) is 5.84 Å². The molecule has 0 spiro atoms. The molecule has 0 unspecified atom stereocenters. The summed E-state index contributed by atoms with van der Waals surface area (Å²) in [6.45, 7) is 5.83. The van der Waals surface area contributed by atoms with Crippen LogP contribution in [0.25, 0.3) is 5.70 Å². The maximum atomic E-state index is 10.3. The second-order valence-corrected chi connectivity index (χ2v) is 6.35. The second-order valence-electron chi connectivity index (χ2n) is 6.35. The SMILES string of the molecule is C=C(N=C(N=C(C)c1ccccc1)c1ccccc1)c1c(O)cc(OC)cc1O. The lowest BCUT2D eigenvalue weighted by Gasteiger charge is -2.11. The maximum absolute atomic E-state index is 10.3. The predicted molar refractivity (Wildman–Crippen MR) is 117 cm³/mol.